The summed E-state index contributed by atoms with van der Waals surface area (Å²) in [6, 6.07) is 5.71. The fourth-order valence-electron chi connectivity index (χ4n) is 3.53. The summed E-state index contributed by atoms with van der Waals surface area (Å²) in [6.07, 6.45) is 1.11. The lowest BCUT2D eigenvalue weighted by Gasteiger charge is -2.35. The van der Waals surface area contributed by atoms with E-state index in [4.69, 9.17) is 0 Å². The SMILES string of the molecule is Cc1nn(C)c(C)c1CCC(=O)N1CCN(C(=O)c2cccc(F)c2)CC1. The van der Waals surface area contributed by atoms with Gasteiger partial charge in [0.2, 0.25) is 5.91 Å². The standard InChI is InChI=1S/C20H25FN4O2/c1-14-18(15(2)23(3)22-14)7-8-19(26)24-9-11-25(12-10-24)20(27)16-5-4-6-17(21)13-16/h4-6,13H,7-12H2,1-3H3. The Morgan fingerprint density at radius 3 is 2.37 bits per heavy atom. The van der Waals surface area contributed by atoms with Crippen LogP contribution in [0.1, 0.15) is 33.7 Å². The molecule has 27 heavy (non-hydrogen) atoms. The van der Waals surface area contributed by atoms with Crippen LogP contribution in [0.25, 0.3) is 0 Å². The van der Waals surface area contributed by atoms with Gasteiger partial charge in [-0.25, -0.2) is 4.39 Å². The average molecular weight is 372 g/mol. The van der Waals surface area contributed by atoms with Crippen LogP contribution in [0.5, 0.6) is 0 Å². The minimum absolute atomic E-state index is 0.0931. The molecular formula is C20H25FN4O2. The molecule has 0 radical (unpaired) electrons. The van der Waals surface area contributed by atoms with Gasteiger partial charge in [-0.15, -0.1) is 0 Å². The number of hydrogen-bond donors (Lipinski definition) is 0. The highest BCUT2D eigenvalue weighted by molar-refractivity contribution is 5.94. The molecule has 2 amide bonds. The predicted octanol–water partition coefficient (Wildman–Crippen LogP) is 2.09. The Balaban J connectivity index is 1.52. The number of halogens is 1. The van der Waals surface area contributed by atoms with Gasteiger partial charge in [-0.05, 0) is 44.0 Å². The van der Waals surface area contributed by atoms with Crippen molar-refractivity contribution in [1.82, 2.24) is 19.6 Å². The number of benzene rings is 1. The Labute approximate surface area is 158 Å². The molecule has 0 saturated carbocycles. The van der Waals surface area contributed by atoms with Crippen LogP contribution in [0.2, 0.25) is 0 Å². The summed E-state index contributed by atoms with van der Waals surface area (Å²) in [5.41, 5.74) is 3.53. The molecule has 1 aromatic carbocycles. The van der Waals surface area contributed by atoms with E-state index in [0.29, 0.717) is 44.6 Å². The van der Waals surface area contributed by atoms with E-state index in [1.165, 1.54) is 18.2 Å². The molecule has 0 bridgehead atoms. The smallest absolute Gasteiger partial charge is 0.254 e. The normalized spacial score (nSPS) is 14.5. The van der Waals surface area contributed by atoms with Crippen molar-refractivity contribution < 1.29 is 14.0 Å². The number of piperazine rings is 1. The van der Waals surface area contributed by atoms with E-state index in [1.54, 1.807) is 15.9 Å². The van der Waals surface area contributed by atoms with Gasteiger partial charge < -0.3 is 9.80 Å². The van der Waals surface area contributed by atoms with Crippen molar-refractivity contribution in [2.45, 2.75) is 26.7 Å². The second-order valence-corrected chi connectivity index (χ2v) is 6.96. The Morgan fingerprint density at radius 1 is 1.11 bits per heavy atom. The van der Waals surface area contributed by atoms with Crippen molar-refractivity contribution in [3.05, 3.63) is 52.6 Å². The van der Waals surface area contributed by atoms with Gasteiger partial charge >= 0.3 is 0 Å². The summed E-state index contributed by atoms with van der Waals surface area (Å²) < 4.78 is 15.2. The summed E-state index contributed by atoms with van der Waals surface area (Å²) in [6.45, 7) is 5.91. The number of rotatable bonds is 4. The molecule has 1 aliphatic heterocycles. The van der Waals surface area contributed by atoms with Gasteiger partial charge in [0, 0.05) is 50.9 Å². The van der Waals surface area contributed by atoms with Crippen LogP contribution >= 0.6 is 0 Å². The van der Waals surface area contributed by atoms with Crippen LogP contribution in [0, 0.1) is 19.7 Å². The fraction of sp³-hybridized carbons (Fsp3) is 0.450. The topological polar surface area (TPSA) is 58.4 Å². The van der Waals surface area contributed by atoms with Gasteiger partial charge in [0.15, 0.2) is 0 Å². The van der Waals surface area contributed by atoms with Crippen molar-refractivity contribution in [3.8, 4) is 0 Å². The molecular weight excluding hydrogens is 347 g/mol. The van der Waals surface area contributed by atoms with Gasteiger partial charge in [0.05, 0.1) is 5.69 Å². The van der Waals surface area contributed by atoms with E-state index >= 15 is 0 Å². The van der Waals surface area contributed by atoms with Crippen LogP contribution in [0.3, 0.4) is 0 Å². The highest BCUT2D eigenvalue weighted by Gasteiger charge is 2.25. The summed E-state index contributed by atoms with van der Waals surface area (Å²) in [7, 11) is 1.91. The maximum Gasteiger partial charge on any atom is 0.254 e. The van der Waals surface area contributed by atoms with Crippen molar-refractivity contribution in [3.63, 3.8) is 0 Å². The Bertz CT molecular complexity index is 854. The van der Waals surface area contributed by atoms with Crippen LogP contribution in [-0.4, -0.2) is 57.6 Å². The largest absolute Gasteiger partial charge is 0.339 e. The van der Waals surface area contributed by atoms with Gasteiger partial charge in [0.25, 0.3) is 5.91 Å². The minimum atomic E-state index is -0.421. The van der Waals surface area contributed by atoms with Gasteiger partial charge in [0.1, 0.15) is 5.82 Å². The van der Waals surface area contributed by atoms with E-state index < -0.39 is 5.82 Å². The molecule has 2 heterocycles. The Morgan fingerprint density at radius 2 is 1.78 bits per heavy atom. The number of amides is 2. The predicted molar refractivity (Wildman–Crippen MR) is 99.9 cm³/mol. The number of carbonyl (C=O) groups is 2. The van der Waals surface area contributed by atoms with Gasteiger partial charge in [-0.1, -0.05) is 6.07 Å². The van der Waals surface area contributed by atoms with Gasteiger partial charge in [-0.2, -0.15) is 5.10 Å². The molecule has 1 fully saturated rings. The molecule has 0 N–H and O–H groups in total. The van der Waals surface area contributed by atoms with Crippen LogP contribution in [0.4, 0.5) is 4.39 Å². The number of aromatic nitrogens is 2. The Hall–Kier alpha value is -2.70. The number of hydrogen-bond acceptors (Lipinski definition) is 3. The third-order valence-electron chi connectivity index (χ3n) is 5.24. The highest BCUT2D eigenvalue weighted by atomic mass is 19.1. The second-order valence-electron chi connectivity index (χ2n) is 6.96. The Kier molecular flexibility index (Phi) is 5.58. The maximum absolute atomic E-state index is 13.3. The molecule has 1 aromatic heterocycles. The molecule has 7 heteroatoms. The molecule has 0 atom stereocenters. The molecule has 3 rings (SSSR count). The summed E-state index contributed by atoms with van der Waals surface area (Å²) in [4.78, 5) is 28.5. The maximum atomic E-state index is 13.3. The lowest BCUT2D eigenvalue weighted by Crippen LogP contribution is -2.50. The average Bonchev–Trinajstić information content (AvgIpc) is 2.91. The van der Waals surface area contributed by atoms with E-state index in [1.807, 2.05) is 25.6 Å². The monoisotopic (exact) mass is 372 g/mol. The number of aryl methyl sites for hydroxylation is 2. The van der Waals surface area contributed by atoms with Crippen LogP contribution < -0.4 is 0 Å². The number of nitrogens with zero attached hydrogens (tertiary/aromatic N) is 4. The molecule has 0 unspecified atom stereocenters. The molecule has 0 spiro atoms. The number of carbonyl (C=O) groups excluding carboxylic acids is 2. The van der Waals surface area contributed by atoms with Crippen LogP contribution in [0.15, 0.2) is 24.3 Å². The van der Waals surface area contributed by atoms with E-state index in [-0.39, 0.29) is 11.8 Å². The first-order chi connectivity index (χ1) is 12.9. The van der Waals surface area contributed by atoms with Gasteiger partial charge in [-0.3, -0.25) is 14.3 Å². The summed E-state index contributed by atoms with van der Waals surface area (Å²) in [5, 5.41) is 4.39. The lowest BCUT2D eigenvalue weighted by atomic mass is 10.1. The first-order valence-corrected chi connectivity index (χ1v) is 9.18. The molecule has 144 valence electrons. The summed E-state index contributed by atoms with van der Waals surface area (Å²) in [5.74, 6) is -0.519. The molecule has 1 saturated heterocycles. The molecule has 1 aliphatic rings. The zero-order valence-corrected chi connectivity index (χ0v) is 16.0. The van der Waals surface area contributed by atoms with Crippen molar-refractivity contribution >= 4 is 11.8 Å². The van der Waals surface area contributed by atoms with Crippen molar-refractivity contribution in [2.75, 3.05) is 26.2 Å². The van der Waals surface area contributed by atoms with Crippen LogP contribution in [-0.2, 0) is 18.3 Å². The highest BCUT2D eigenvalue weighted by Crippen LogP contribution is 2.16. The third kappa shape index (κ3) is 4.18. The molecule has 2 aromatic rings. The zero-order chi connectivity index (χ0) is 19.6. The fourth-order valence-corrected chi connectivity index (χ4v) is 3.53. The van der Waals surface area contributed by atoms with E-state index in [0.717, 1.165) is 17.0 Å². The third-order valence-corrected chi connectivity index (χ3v) is 5.24. The van der Waals surface area contributed by atoms with Crippen molar-refractivity contribution in [1.29, 1.82) is 0 Å². The zero-order valence-electron chi connectivity index (χ0n) is 16.0. The molecule has 6 nitrogen and oxygen atoms in total. The lowest BCUT2D eigenvalue weighted by molar-refractivity contribution is -0.132. The first kappa shape index (κ1) is 19.1. The minimum Gasteiger partial charge on any atom is -0.339 e. The summed E-state index contributed by atoms with van der Waals surface area (Å²) >= 11 is 0. The quantitative estimate of drug-likeness (QED) is 0.826. The first-order valence-electron chi connectivity index (χ1n) is 9.18. The van der Waals surface area contributed by atoms with E-state index in [9.17, 15) is 14.0 Å². The second kappa shape index (κ2) is 7.90. The van der Waals surface area contributed by atoms with E-state index in [2.05, 4.69) is 5.10 Å². The molecule has 0 aliphatic carbocycles. The van der Waals surface area contributed by atoms with Crippen molar-refractivity contribution in [2.24, 2.45) is 7.05 Å².